The predicted molar refractivity (Wildman–Crippen MR) is 95.6 cm³/mol. The third kappa shape index (κ3) is 3.13. The maximum atomic E-state index is 12.7. The van der Waals surface area contributed by atoms with Gasteiger partial charge in [-0.2, -0.15) is 0 Å². The van der Waals surface area contributed by atoms with Gasteiger partial charge in [-0.1, -0.05) is 12.1 Å². The first kappa shape index (κ1) is 16.1. The van der Waals surface area contributed by atoms with E-state index in [0.29, 0.717) is 12.1 Å². The summed E-state index contributed by atoms with van der Waals surface area (Å²) >= 11 is 0. The van der Waals surface area contributed by atoms with Crippen molar-refractivity contribution in [3.8, 4) is 0 Å². The van der Waals surface area contributed by atoms with E-state index in [-0.39, 0.29) is 5.91 Å². The van der Waals surface area contributed by atoms with Crippen LogP contribution in [0.4, 0.5) is 5.69 Å². The molecular formula is C20H22N2O2. The highest BCUT2D eigenvalue weighted by Crippen LogP contribution is 2.21. The van der Waals surface area contributed by atoms with Crippen LogP contribution in [0.5, 0.6) is 0 Å². The van der Waals surface area contributed by atoms with E-state index >= 15 is 0 Å². The quantitative estimate of drug-likeness (QED) is 0.762. The third-order valence-corrected chi connectivity index (χ3v) is 4.35. The molecule has 0 saturated heterocycles. The monoisotopic (exact) mass is 322 g/mol. The minimum absolute atomic E-state index is 0.0810. The normalized spacial score (nSPS) is 10.8. The number of benzene rings is 1. The van der Waals surface area contributed by atoms with Crippen LogP contribution in [-0.2, 0) is 6.54 Å². The van der Waals surface area contributed by atoms with Gasteiger partial charge in [0.2, 0.25) is 0 Å². The summed E-state index contributed by atoms with van der Waals surface area (Å²) in [6, 6.07) is 11.8. The average Bonchev–Trinajstić information content (AvgIpc) is 3.14. The van der Waals surface area contributed by atoms with Crippen molar-refractivity contribution in [1.29, 1.82) is 0 Å². The van der Waals surface area contributed by atoms with E-state index in [1.165, 1.54) is 0 Å². The first-order valence-corrected chi connectivity index (χ1v) is 8.03. The fourth-order valence-electron chi connectivity index (χ4n) is 2.89. The molecule has 3 rings (SSSR count). The number of anilines is 1. The molecule has 0 atom stereocenters. The van der Waals surface area contributed by atoms with Crippen molar-refractivity contribution in [2.45, 2.75) is 34.2 Å². The van der Waals surface area contributed by atoms with Crippen LogP contribution in [0.25, 0.3) is 0 Å². The summed E-state index contributed by atoms with van der Waals surface area (Å²) in [5, 5.41) is 3.03. The fraction of sp³-hybridized carbons (Fsp3) is 0.250. The van der Waals surface area contributed by atoms with Crippen LogP contribution >= 0.6 is 0 Å². The number of rotatable bonds is 4. The number of nitrogens with zero attached hydrogens (tertiary/aromatic N) is 1. The van der Waals surface area contributed by atoms with E-state index in [1.807, 2.05) is 64.1 Å². The SMILES string of the molecule is Cc1ccc(C)c(NC(=O)c2cc(C)n(Cc3ccco3)c2C)c1. The topological polar surface area (TPSA) is 47.2 Å². The molecule has 1 amide bonds. The molecule has 0 unspecified atom stereocenters. The number of furan rings is 1. The van der Waals surface area contributed by atoms with Gasteiger partial charge in [0.15, 0.2) is 0 Å². The zero-order valence-corrected chi connectivity index (χ0v) is 14.5. The molecule has 4 nitrogen and oxygen atoms in total. The van der Waals surface area contributed by atoms with Crippen LogP contribution < -0.4 is 5.32 Å². The van der Waals surface area contributed by atoms with E-state index in [2.05, 4.69) is 9.88 Å². The number of aromatic nitrogens is 1. The van der Waals surface area contributed by atoms with E-state index in [0.717, 1.165) is 34.0 Å². The molecule has 1 aromatic carbocycles. The molecule has 0 aliphatic rings. The smallest absolute Gasteiger partial charge is 0.257 e. The highest BCUT2D eigenvalue weighted by molar-refractivity contribution is 6.05. The summed E-state index contributed by atoms with van der Waals surface area (Å²) in [4.78, 5) is 12.7. The first-order valence-electron chi connectivity index (χ1n) is 8.03. The molecule has 2 aromatic heterocycles. The standard InChI is InChI=1S/C20H22N2O2/c1-13-7-8-14(2)19(10-13)21-20(23)18-11-15(3)22(16(18)4)12-17-6-5-9-24-17/h5-11H,12H2,1-4H3,(H,21,23). The molecule has 3 aromatic rings. The molecule has 4 heteroatoms. The summed E-state index contributed by atoms with van der Waals surface area (Å²) in [6.45, 7) is 8.61. The number of hydrogen-bond acceptors (Lipinski definition) is 2. The fourth-order valence-corrected chi connectivity index (χ4v) is 2.89. The van der Waals surface area contributed by atoms with E-state index in [4.69, 9.17) is 4.42 Å². The van der Waals surface area contributed by atoms with Crippen LogP contribution in [0.1, 0.15) is 38.6 Å². The lowest BCUT2D eigenvalue weighted by molar-refractivity contribution is 0.102. The Labute approximate surface area is 142 Å². The second kappa shape index (κ2) is 6.40. The van der Waals surface area contributed by atoms with Gasteiger partial charge < -0.3 is 14.3 Å². The summed E-state index contributed by atoms with van der Waals surface area (Å²) < 4.78 is 7.51. The van der Waals surface area contributed by atoms with Gasteiger partial charge in [-0.3, -0.25) is 4.79 Å². The van der Waals surface area contributed by atoms with Crippen molar-refractivity contribution in [3.63, 3.8) is 0 Å². The van der Waals surface area contributed by atoms with Crippen LogP contribution in [0.15, 0.2) is 47.1 Å². The Kier molecular flexibility index (Phi) is 4.30. The molecule has 0 spiro atoms. The number of hydrogen-bond donors (Lipinski definition) is 1. The third-order valence-electron chi connectivity index (χ3n) is 4.35. The highest BCUT2D eigenvalue weighted by atomic mass is 16.3. The van der Waals surface area contributed by atoms with E-state index in [9.17, 15) is 4.79 Å². The number of nitrogens with one attached hydrogen (secondary N) is 1. The molecular weight excluding hydrogens is 300 g/mol. The van der Waals surface area contributed by atoms with Crippen molar-refractivity contribution >= 4 is 11.6 Å². The summed E-state index contributed by atoms with van der Waals surface area (Å²) in [7, 11) is 0. The summed E-state index contributed by atoms with van der Waals surface area (Å²) in [5.74, 6) is 0.792. The molecule has 0 radical (unpaired) electrons. The largest absolute Gasteiger partial charge is 0.467 e. The molecule has 0 aliphatic heterocycles. The van der Waals surface area contributed by atoms with Crippen molar-refractivity contribution < 1.29 is 9.21 Å². The molecule has 0 aliphatic carbocycles. The zero-order valence-electron chi connectivity index (χ0n) is 14.5. The number of amides is 1. The van der Waals surface area contributed by atoms with Gasteiger partial charge in [0.25, 0.3) is 5.91 Å². The van der Waals surface area contributed by atoms with Gasteiger partial charge in [0.1, 0.15) is 5.76 Å². The van der Waals surface area contributed by atoms with Crippen molar-refractivity contribution in [3.05, 3.63) is 76.5 Å². The van der Waals surface area contributed by atoms with Crippen LogP contribution in [-0.4, -0.2) is 10.5 Å². The minimum Gasteiger partial charge on any atom is -0.467 e. The Morgan fingerprint density at radius 3 is 2.62 bits per heavy atom. The lowest BCUT2D eigenvalue weighted by atomic mass is 10.1. The van der Waals surface area contributed by atoms with Crippen molar-refractivity contribution in [1.82, 2.24) is 4.57 Å². The molecule has 2 heterocycles. The Morgan fingerprint density at radius 1 is 1.12 bits per heavy atom. The molecule has 24 heavy (non-hydrogen) atoms. The highest BCUT2D eigenvalue weighted by Gasteiger charge is 2.17. The maximum absolute atomic E-state index is 12.7. The Balaban J connectivity index is 1.86. The lowest BCUT2D eigenvalue weighted by Gasteiger charge is -2.10. The average molecular weight is 322 g/mol. The van der Waals surface area contributed by atoms with Crippen molar-refractivity contribution in [2.75, 3.05) is 5.32 Å². The van der Waals surface area contributed by atoms with Gasteiger partial charge in [-0.25, -0.2) is 0 Å². The summed E-state index contributed by atoms with van der Waals surface area (Å²) in [6.07, 6.45) is 1.66. The minimum atomic E-state index is -0.0810. The van der Waals surface area contributed by atoms with Gasteiger partial charge in [0.05, 0.1) is 18.4 Å². The maximum Gasteiger partial charge on any atom is 0.257 e. The zero-order chi connectivity index (χ0) is 17.3. The molecule has 0 fully saturated rings. The predicted octanol–water partition coefficient (Wildman–Crippen LogP) is 4.62. The van der Waals surface area contributed by atoms with Gasteiger partial charge >= 0.3 is 0 Å². The Bertz CT molecular complexity index is 873. The van der Waals surface area contributed by atoms with Crippen molar-refractivity contribution in [2.24, 2.45) is 0 Å². The van der Waals surface area contributed by atoms with Crippen LogP contribution in [0, 0.1) is 27.7 Å². The molecule has 0 bridgehead atoms. The van der Waals surface area contributed by atoms with Gasteiger partial charge in [-0.05, 0) is 63.1 Å². The lowest BCUT2D eigenvalue weighted by Crippen LogP contribution is -2.14. The van der Waals surface area contributed by atoms with Gasteiger partial charge in [0, 0.05) is 17.1 Å². The van der Waals surface area contributed by atoms with Crippen LogP contribution in [0.2, 0.25) is 0 Å². The van der Waals surface area contributed by atoms with Crippen LogP contribution in [0.3, 0.4) is 0 Å². The second-order valence-electron chi connectivity index (χ2n) is 6.22. The number of carbonyl (C=O) groups excluding carboxylic acids is 1. The Morgan fingerprint density at radius 2 is 1.92 bits per heavy atom. The van der Waals surface area contributed by atoms with E-state index < -0.39 is 0 Å². The van der Waals surface area contributed by atoms with E-state index in [1.54, 1.807) is 6.26 Å². The second-order valence-corrected chi connectivity index (χ2v) is 6.22. The first-order chi connectivity index (χ1) is 11.5. The number of aryl methyl sites for hydroxylation is 3. The summed E-state index contributed by atoms with van der Waals surface area (Å²) in [5.41, 5.74) is 5.70. The molecule has 1 N–H and O–H groups in total. The number of carbonyl (C=O) groups is 1. The van der Waals surface area contributed by atoms with Gasteiger partial charge in [-0.15, -0.1) is 0 Å². The molecule has 124 valence electrons. The Hall–Kier alpha value is -2.75. The molecule has 0 saturated carbocycles.